The first-order valence-electron chi connectivity index (χ1n) is 10.5. The molecule has 0 saturated heterocycles. The largest absolute Gasteiger partial charge is 0.400 e. The summed E-state index contributed by atoms with van der Waals surface area (Å²) in [6, 6.07) is 23.3. The van der Waals surface area contributed by atoms with Crippen LogP contribution in [0.5, 0.6) is 0 Å². The van der Waals surface area contributed by atoms with Crippen molar-refractivity contribution in [3.05, 3.63) is 127 Å². The molecule has 5 aromatic rings. The molecule has 0 aliphatic heterocycles. The average Bonchev–Trinajstić information content (AvgIpc) is 2.92. The summed E-state index contributed by atoms with van der Waals surface area (Å²) in [6.07, 6.45) is 4.64. The summed E-state index contributed by atoms with van der Waals surface area (Å²) in [5.41, 5.74) is 1.71. The number of hydrogen-bond donors (Lipinski definition) is 1. The molecule has 0 saturated carbocycles. The maximum absolute atomic E-state index is 13.9. The third-order valence-corrected chi connectivity index (χ3v) is 4.60. The molecule has 3 heterocycles. The molecule has 191 valence electrons. The number of hydrogen-bond acceptors (Lipinski definition) is 4. The van der Waals surface area contributed by atoms with E-state index in [0.717, 1.165) is 25.3 Å². The Morgan fingerprint density at radius 2 is 1.00 bits per heavy atom. The zero-order valence-corrected chi connectivity index (χ0v) is 21.7. The third-order valence-electron chi connectivity index (χ3n) is 4.60. The van der Waals surface area contributed by atoms with Crippen LogP contribution >= 0.6 is 0 Å². The number of aliphatic hydroxyl groups excluding tert-OH is 1. The van der Waals surface area contributed by atoms with Crippen LogP contribution in [0.4, 0.5) is 17.6 Å². The topological polar surface area (TPSA) is 58.9 Å². The van der Waals surface area contributed by atoms with Gasteiger partial charge in [-0.2, -0.15) is 0 Å². The summed E-state index contributed by atoms with van der Waals surface area (Å²) in [6.45, 7) is 0. The molecule has 3 aromatic heterocycles. The number of benzene rings is 2. The average molecular weight is 682 g/mol. The Hall–Kier alpha value is -3.78. The van der Waals surface area contributed by atoms with E-state index >= 15 is 0 Å². The number of nitrogens with zero attached hydrogens (tertiary/aromatic N) is 3. The van der Waals surface area contributed by atoms with Crippen LogP contribution in [0.1, 0.15) is 0 Å². The SMILES string of the molecule is CO.Fc1c[c-]c(-c2ccccn2)c(F)c1.Fc1cc(F)c(-c2ccccn2)[c-]c1-c1ccccn1.[Ir]. The Labute approximate surface area is 225 Å². The summed E-state index contributed by atoms with van der Waals surface area (Å²) >= 11 is 0. The molecule has 0 atom stereocenters. The Morgan fingerprint density at radius 1 is 0.595 bits per heavy atom. The molecule has 0 bridgehead atoms. The van der Waals surface area contributed by atoms with Gasteiger partial charge in [0.15, 0.2) is 0 Å². The second-order valence-electron chi connectivity index (χ2n) is 6.90. The molecule has 2 aromatic carbocycles. The maximum Gasteiger partial charge on any atom is 0.0600 e. The quantitative estimate of drug-likeness (QED) is 0.179. The molecule has 0 spiro atoms. The number of halogens is 4. The molecule has 0 unspecified atom stereocenters. The summed E-state index contributed by atoms with van der Waals surface area (Å²) in [7, 11) is 1.00. The Morgan fingerprint density at radius 3 is 1.38 bits per heavy atom. The van der Waals surface area contributed by atoms with Crippen LogP contribution in [0.3, 0.4) is 0 Å². The zero-order valence-electron chi connectivity index (χ0n) is 19.3. The molecular weight excluding hydrogens is 663 g/mol. The number of aliphatic hydroxyl groups is 1. The first-order chi connectivity index (χ1) is 17.5. The molecule has 0 aliphatic carbocycles. The number of aromatic nitrogens is 3. The van der Waals surface area contributed by atoms with Crippen LogP contribution < -0.4 is 0 Å². The first-order valence-corrected chi connectivity index (χ1v) is 10.5. The van der Waals surface area contributed by atoms with Gasteiger partial charge in [0.2, 0.25) is 0 Å². The van der Waals surface area contributed by atoms with Crippen molar-refractivity contribution in [1.29, 1.82) is 0 Å². The van der Waals surface area contributed by atoms with E-state index in [1.165, 1.54) is 0 Å². The summed E-state index contributed by atoms with van der Waals surface area (Å²) in [5, 5.41) is 7.00. The van der Waals surface area contributed by atoms with Crippen molar-refractivity contribution in [1.82, 2.24) is 15.0 Å². The van der Waals surface area contributed by atoms with Gasteiger partial charge < -0.3 is 10.1 Å². The van der Waals surface area contributed by atoms with Crippen LogP contribution in [0.25, 0.3) is 33.8 Å². The fourth-order valence-corrected chi connectivity index (χ4v) is 3.05. The molecule has 0 fully saturated rings. The minimum Gasteiger partial charge on any atom is -0.400 e. The van der Waals surface area contributed by atoms with E-state index in [0.29, 0.717) is 17.1 Å². The standard InChI is InChI=1S/C16H9F2N2.C11H6F2N.CH4O.Ir/c17-13-10-14(18)12(16-6-2-4-8-20-16)9-11(13)15-5-1-3-7-19-15;12-8-4-5-9(10(13)7-8)11-3-1-2-6-14-11;1-2;/h1-8,10H;1-4,6-7H;2H,1H3;/q2*-1;;. The Kier molecular flexibility index (Phi) is 11.7. The van der Waals surface area contributed by atoms with Gasteiger partial charge in [-0.05, 0) is 23.9 Å². The monoisotopic (exact) mass is 682 g/mol. The molecule has 1 radical (unpaired) electrons. The molecule has 0 aliphatic rings. The zero-order chi connectivity index (χ0) is 25.9. The van der Waals surface area contributed by atoms with Gasteiger partial charge in [0.1, 0.15) is 0 Å². The normalized spacial score (nSPS) is 9.68. The molecular formula is C28H19F4IrN3O-2. The van der Waals surface area contributed by atoms with Gasteiger partial charge in [0.05, 0.1) is 11.6 Å². The van der Waals surface area contributed by atoms with Gasteiger partial charge in [-0.15, -0.1) is 18.2 Å². The van der Waals surface area contributed by atoms with Crippen molar-refractivity contribution in [3.63, 3.8) is 0 Å². The van der Waals surface area contributed by atoms with E-state index in [1.54, 1.807) is 73.2 Å². The van der Waals surface area contributed by atoms with Gasteiger partial charge in [-0.1, -0.05) is 65.2 Å². The number of rotatable bonds is 3. The van der Waals surface area contributed by atoms with Crippen molar-refractivity contribution >= 4 is 0 Å². The van der Waals surface area contributed by atoms with Crippen molar-refractivity contribution < 1.29 is 42.8 Å². The van der Waals surface area contributed by atoms with Crippen LogP contribution in [0.2, 0.25) is 0 Å². The van der Waals surface area contributed by atoms with Crippen molar-refractivity contribution in [2.24, 2.45) is 0 Å². The molecule has 5 rings (SSSR count). The molecule has 37 heavy (non-hydrogen) atoms. The molecule has 1 N–H and O–H groups in total. The van der Waals surface area contributed by atoms with E-state index in [9.17, 15) is 17.6 Å². The van der Waals surface area contributed by atoms with E-state index < -0.39 is 23.3 Å². The molecule has 0 amide bonds. The summed E-state index contributed by atoms with van der Waals surface area (Å²) < 4.78 is 53.6. The maximum atomic E-state index is 13.9. The summed E-state index contributed by atoms with van der Waals surface area (Å²) in [5.74, 6) is -2.67. The fraction of sp³-hybridized carbons (Fsp3) is 0.0357. The Bertz CT molecular complexity index is 1330. The minimum absolute atomic E-state index is 0. The molecule has 4 nitrogen and oxygen atoms in total. The van der Waals surface area contributed by atoms with Gasteiger partial charge in [-0.25, -0.2) is 0 Å². The fourth-order valence-electron chi connectivity index (χ4n) is 3.05. The van der Waals surface area contributed by atoms with Gasteiger partial charge in [0.25, 0.3) is 0 Å². The van der Waals surface area contributed by atoms with Crippen LogP contribution in [0, 0.1) is 35.4 Å². The van der Waals surface area contributed by atoms with Crippen molar-refractivity contribution in [2.45, 2.75) is 0 Å². The van der Waals surface area contributed by atoms with Gasteiger partial charge in [-0.3, -0.25) is 27.5 Å². The predicted molar refractivity (Wildman–Crippen MR) is 128 cm³/mol. The van der Waals surface area contributed by atoms with E-state index in [4.69, 9.17) is 5.11 Å². The first kappa shape index (κ1) is 29.4. The third kappa shape index (κ3) is 7.85. The Balaban J connectivity index is 0.000000250. The number of pyridine rings is 3. The molecule has 9 heteroatoms. The summed E-state index contributed by atoms with van der Waals surface area (Å²) in [4.78, 5) is 12.1. The van der Waals surface area contributed by atoms with Crippen molar-refractivity contribution in [3.8, 4) is 33.8 Å². The van der Waals surface area contributed by atoms with Gasteiger partial charge >= 0.3 is 0 Å². The van der Waals surface area contributed by atoms with Crippen LogP contribution in [-0.2, 0) is 20.1 Å². The van der Waals surface area contributed by atoms with E-state index in [-0.39, 0.29) is 36.8 Å². The van der Waals surface area contributed by atoms with E-state index in [2.05, 4.69) is 27.1 Å². The van der Waals surface area contributed by atoms with Crippen LogP contribution in [0.15, 0.2) is 91.4 Å². The second-order valence-corrected chi connectivity index (χ2v) is 6.90. The smallest absolute Gasteiger partial charge is 0.0600 e. The van der Waals surface area contributed by atoms with Gasteiger partial charge in [0, 0.05) is 68.8 Å². The minimum atomic E-state index is -0.694. The second kappa shape index (κ2) is 14.7. The predicted octanol–water partition coefficient (Wildman–Crippen LogP) is 6.32. The van der Waals surface area contributed by atoms with Crippen LogP contribution in [-0.4, -0.2) is 27.2 Å². The van der Waals surface area contributed by atoms with E-state index in [1.807, 2.05) is 0 Å². The van der Waals surface area contributed by atoms with Crippen molar-refractivity contribution in [2.75, 3.05) is 7.11 Å².